The molecule has 2 rings (SSSR count). The second kappa shape index (κ2) is 7.20. The van der Waals surface area contributed by atoms with Gasteiger partial charge in [0, 0.05) is 4.47 Å². The maximum Gasteiger partial charge on any atom is 0.242 e. The molecule has 0 fully saturated rings. The number of nitrogens with one attached hydrogen (secondary N) is 2. The van der Waals surface area contributed by atoms with Crippen molar-refractivity contribution in [1.29, 1.82) is 0 Å². The number of carbonyl (C=O) groups is 1. The third-order valence-corrected chi connectivity index (χ3v) is 4.59. The van der Waals surface area contributed by atoms with Gasteiger partial charge in [-0.05, 0) is 47.1 Å². The molecule has 1 atom stereocenters. The van der Waals surface area contributed by atoms with Gasteiger partial charge in [0.25, 0.3) is 0 Å². The lowest BCUT2D eigenvalue weighted by atomic mass is 10.2. The summed E-state index contributed by atoms with van der Waals surface area (Å²) in [5, 5.41) is 6.58. The highest BCUT2D eigenvalue weighted by Crippen LogP contribution is 2.36. The van der Waals surface area contributed by atoms with Crippen molar-refractivity contribution in [3.05, 3.63) is 50.8 Å². The van der Waals surface area contributed by atoms with Crippen LogP contribution in [0.4, 0.5) is 5.69 Å². The summed E-state index contributed by atoms with van der Waals surface area (Å²) in [5.74, 6) is 0.529. The highest BCUT2D eigenvalue weighted by atomic mass is 79.9. The van der Waals surface area contributed by atoms with Gasteiger partial charge >= 0.3 is 0 Å². The topological polar surface area (TPSA) is 54.3 Å². The molecule has 0 aliphatic carbocycles. The van der Waals surface area contributed by atoms with Gasteiger partial charge in [-0.3, -0.25) is 4.79 Å². The van der Waals surface area contributed by atoms with Crippen LogP contribution in [-0.4, -0.2) is 11.9 Å². The summed E-state index contributed by atoms with van der Waals surface area (Å²) >= 11 is 15.5. The zero-order chi connectivity index (χ0) is 15.4. The molecule has 0 spiro atoms. The number of anilines is 1. The molecule has 2 aromatic rings. The van der Waals surface area contributed by atoms with E-state index in [9.17, 15) is 4.79 Å². The van der Waals surface area contributed by atoms with Crippen LogP contribution < -0.4 is 10.6 Å². The number of rotatable bonds is 5. The summed E-state index contributed by atoms with van der Waals surface area (Å²) in [6, 6.07) is 6.63. The fourth-order valence-corrected chi connectivity index (χ4v) is 2.51. The van der Waals surface area contributed by atoms with E-state index in [1.165, 1.54) is 0 Å². The number of halogens is 3. The predicted molar refractivity (Wildman–Crippen MR) is 87.8 cm³/mol. The van der Waals surface area contributed by atoms with Crippen molar-refractivity contribution in [3.63, 3.8) is 0 Å². The van der Waals surface area contributed by atoms with E-state index in [1.54, 1.807) is 37.5 Å². The molecule has 1 aromatic heterocycles. The zero-order valence-corrected chi connectivity index (χ0v) is 14.2. The molecule has 0 radical (unpaired) electrons. The third kappa shape index (κ3) is 4.15. The Balaban J connectivity index is 1.96. The van der Waals surface area contributed by atoms with Crippen LogP contribution in [0, 0.1) is 0 Å². The van der Waals surface area contributed by atoms with E-state index in [2.05, 4.69) is 26.6 Å². The number of hydrogen-bond donors (Lipinski definition) is 2. The van der Waals surface area contributed by atoms with Crippen LogP contribution in [0.2, 0.25) is 10.0 Å². The zero-order valence-electron chi connectivity index (χ0n) is 11.1. The average molecular weight is 392 g/mol. The quantitative estimate of drug-likeness (QED) is 0.739. The lowest BCUT2D eigenvalue weighted by Crippen LogP contribution is -2.37. The molecule has 0 aliphatic rings. The molecule has 7 heteroatoms. The van der Waals surface area contributed by atoms with Crippen LogP contribution in [0.15, 0.2) is 39.4 Å². The summed E-state index contributed by atoms with van der Waals surface area (Å²) in [4.78, 5) is 12.0. The molecule has 0 aliphatic heterocycles. The molecule has 21 heavy (non-hydrogen) atoms. The predicted octanol–water partition coefficient (Wildman–Crippen LogP) is 4.47. The summed E-state index contributed by atoms with van der Waals surface area (Å²) in [5.41, 5.74) is 0.602. The van der Waals surface area contributed by atoms with E-state index in [4.69, 9.17) is 27.6 Å². The lowest BCUT2D eigenvalue weighted by Gasteiger charge is -2.16. The van der Waals surface area contributed by atoms with Crippen LogP contribution in [-0.2, 0) is 11.3 Å². The number of amides is 1. The summed E-state index contributed by atoms with van der Waals surface area (Å²) in [7, 11) is 0. The molecule has 4 nitrogen and oxygen atoms in total. The largest absolute Gasteiger partial charge is 0.467 e. The fraction of sp³-hybridized carbons (Fsp3) is 0.214. The van der Waals surface area contributed by atoms with Crippen molar-refractivity contribution >= 4 is 50.7 Å². The van der Waals surface area contributed by atoms with E-state index in [1.807, 2.05) is 0 Å². The monoisotopic (exact) mass is 390 g/mol. The second-order valence-corrected chi connectivity index (χ2v) is 6.00. The Kier molecular flexibility index (Phi) is 5.56. The van der Waals surface area contributed by atoms with Gasteiger partial charge < -0.3 is 15.1 Å². The maximum absolute atomic E-state index is 12.0. The van der Waals surface area contributed by atoms with E-state index in [0.29, 0.717) is 32.5 Å². The van der Waals surface area contributed by atoms with Crippen molar-refractivity contribution < 1.29 is 9.21 Å². The molecule has 1 aromatic carbocycles. The summed E-state index contributed by atoms with van der Waals surface area (Å²) in [6.45, 7) is 2.08. The van der Waals surface area contributed by atoms with Crippen LogP contribution in [0.5, 0.6) is 0 Å². The smallest absolute Gasteiger partial charge is 0.242 e. The first kappa shape index (κ1) is 16.2. The van der Waals surface area contributed by atoms with Crippen molar-refractivity contribution in [3.8, 4) is 0 Å². The Morgan fingerprint density at radius 2 is 2.10 bits per heavy atom. The van der Waals surface area contributed by atoms with Gasteiger partial charge in [0.1, 0.15) is 11.8 Å². The van der Waals surface area contributed by atoms with E-state index < -0.39 is 6.04 Å². The molecule has 0 saturated carbocycles. The Labute approximate surface area is 140 Å². The number of hydrogen-bond acceptors (Lipinski definition) is 3. The van der Waals surface area contributed by atoms with Gasteiger partial charge in [-0.15, -0.1) is 0 Å². The lowest BCUT2D eigenvalue weighted by molar-refractivity contribution is -0.121. The molecule has 1 heterocycles. The Morgan fingerprint density at radius 1 is 1.33 bits per heavy atom. The normalized spacial score (nSPS) is 12.0. The maximum atomic E-state index is 12.0. The van der Waals surface area contributed by atoms with Gasteiger partial charge in [0.05, 0.1) is 28.5 Å². The number of furan rings is 1. The van der Waals surface area contributed by atoms with Crippen molar-refractivity contribution in [2.75, 3.05) is 5.32 Å². The molecule has 112 valence electrons. The molecule has 2 N–H and O–H groups in total. The minimum absolute atomic E-state index is 0.165. The summed E-state index contributed by atoms with van der Waals surface area (Å²) in [6.07, 6.45) is 1.56. The highest BCUT2D eigenvalue weighted by molar-refractivity contribution is 9.10. The SMILES string of the molecule is CC(Nc1ccc(Br)c(Cl)c1Cl)C(=O)NCc1ccco1. The Morgan fingerprint density at radius 3 is 2.76 bits per heavy atom. The first-order chi connectivity index (χ1) is 9.99. The van der Waals surface area contributed by atoms with Crippen LogP contribution in [0.25, 0.3) is 0 Å². The van der Waals surface area contributed by atoms with E-state index >= 15 is 0 Å². The van der Waals surface area contributed by atoms with Crippen LogP contribution >= 0.6 is 39.1 Å². The number of carbonyl (C=O) groups excluding carboxylic acids is 1. The first-order valence-corrected chi connectivity index (χ1v) is 7.74. The Hall–Kier alpha value is -1.17. The van der Waals surface area contributed by atoms with Gasteiger partial charge in [-0.2, -0.15) is 0 Å². The highest BCUT2D eigenvalue weighted by Gasteiger charge is 2.16. The first-order valence-electron chi connectivity index (χ1n) is 6.19. The molecular formula is C14H13BrCl2N2O2. The molecular weight excluding hydrogens is 379 g/mol. The van der Waals surface area contributed by atoms with E-state index in [0.717, 1.165) is 0 Å². The molecule has 1 unspecified atom stereocenters. The second-order valence-electron chi connectivity index (χ2n) is 4.39. The van der Waals surface area contributed by atoms with E-state index in [-0.39, 0.29) is 5.91 Å². The standard InChI is InChI=1S/C14H13BrCl2N2O2/c1-8(14(20)18-7-9-3-2-6-21-9)19-11-5-4-10(15)12(16)13(11)17/h2-6,8,19H,7H2,1H3,(H,18,20). The van der Waals surface area contributed by atoms with Gasteiger partial charge in [0.2, 0.25) is 5.91 Å². The molecule has 0 saturated heterocycles. The fourth-order valence-electron chi connectivity index (χ4n) is 1.68. The van der Waals surface area contributed by atoms with Crippen molar-refractivity contribution in [2.24, 2.45) is 0 Å². The molecule has 0 bridgehead atoms. The van der Waals surface area contributed by atoms with Gasteiger partial charge in [0.15, 0.2) is 0 Å². The Bertz CT molecular complexity index is 632. The minimum Gasteiger partial charge on any atom is -0.467 e. The molecule has 1 amide bonds. The average Bonchev–Trinajstić information content (AvgIpc) is 2.98. The summed E-state index contributed by atoms with van der Waals surface area (Å²) < 4.78 is 5.85. The van der Waals surface area contributed by atoms with Gasteiger partial charge in [-0.25, -0.2) is 0 Å². The third-order valence-electron chi connectivity index (χ3n) is 2.82. The van der Waals surface area contributed by atoms with Gasteiger partial charge in [-0.1, -0.05) is 23.2 Å². The van der Waals surface area contributed by atoms with Crippen LogP contribution in [0.1, 0.15) is 12.7 Å². The van der Waals surface area contributed by atoms with Crippen LogP contribution in [0.3, 0.4) is 0 Å². The number of benzene rings is 1. The van der Waals surface area contributed by atoms with Crippen molar-refractivity contribution in [1.82, 2.24) is 5.32 Å². The van der Waals surface area contributed by atoms with Crippen molar-refractivity contribution in [2.45, 2.75) is 19.5 Å². The minimum atomic E-state index is -0.463.